The molecule has 0 aliphatic rings. The van der Waals surface area contributed by atoms with Gasteiger partial charge in [-0.05, 0) is 37.6 Å². The third-order valence-electron chi connectivity index (χ3n) is 2.22. The van der Waals surface area contributed by atoms with Crippen molar-refractivity contribution in [3.8, 4) is 0 Å². The summed E-state index contributed by atoms with van der Waals surface area (Å²) in [5, 5.41) is 0.816. The van der Waals surface area contributed by atoms with Gasteiger partial charge >= 0.3 is 0 Å². The van der Waals surface area contributed by atoms with Crippen LogP contribution in [0.3, 0.4) is 0 Å². The van der Waals surface area contributed by atoms with Crippen molar-refractivity contribution in [1.29, 1.82) is 0 Å². The Morgan fingerprint density at radius 2 is 1.68 bits per heavy atom. The van der Waals surface area contributed by atoms with E-state index in [-0.39, 0.29) is 24.7 Å². The first kappa shape index (κ1) is 19.0. The van der Waals surface area contributed by atoms with Crippen LogP contribution in [0, 0.1) is 0 Å². The fraction of sp³-hybridized carbons (Fsp3) is 0.455. The van der Waals surface area contributed by atoms with Gasteiger partial charge in [-0.1, -0.05) is 23.2 Å². The summed E-state index contributed by atoms with van der Waals surface area (Å²) in [6, 6.07) is 4.70. The summed E-state index contributed by atoms with van der Waals surface area (Å²) in [7, 11) is -3.49. The van der Waals surface area contributed by atoms with Gasteiger partial charge in [0.2, 0.25) is 10.0 Å². The molecule has 0 aliphatic carbocycles. The predicted octanol–water partition coefficient (Wildman–Crippen LogP) is 2.57. The Morgan fingerprint density at radius 3 is 2.11 bits per heavy atom. The van der Waals surface area contributed by atoms with E-state index in [0.717, 1.165) is 0 Å². The molecule has 0 spiro atoms. The summed E-state index contributed by atoms with van der Waals surface area (Å²) in [4.78, 5) is 0. The molecule has 110 valence electrons. The van der Waals surface area contributed by atoms with Gasteiger partial charge in [0.15, 0.2) is 0 Å². The zero-order chi connectivity index (χ0) is 14.0. The summed E-state index contributed by atoms with van der Waals surface area (Å²) in [5.41, 5.74) is 5.34. The standard InChI is InChI=1S/C11H16Cl2N2O2S.ClH/c1-11(2,7-14)15-18(16,17)6-8-3-9(12)5-10(13)4-8;/h3-5,15H,6-7,14H2,1-2H3;1H. The first-order valence-electron chi connectivity index (χ1n) is 5.30. The number of nitrogens with two attached hydrogens (primary N) is 1. The smallest absolute Gasteiger partial charge is 0.216 e. The Balaban J connectivity index is 0.00000324. The number of hydrogen-bond donors (Lipinski definition) is 2. The maximum absolute atomic E-state index is 11.9. The number of hydrogen-bond acceptors (Lipinski definition) is 3. The van der Waals surface area contributed by atoms with E-state index >= 15 is 0 Å². The number of halogens is 3. The van der Waals surface area contributed by atoms with Gasteiger partial charge in [-0.3, -0.25) is 0 Å². The van der Waals surface area contributed by atoms with Crippen LogP contribution in [0.5, 0.6) is 0 Å². The highest BCUT2D eigenvalue weighted by atomic mass is 35.5. The molecule has 0 fully saturated rings. The molecular formula is C11H17Cl3N2O2S. The fourth-order valence-electron chi connectivity index (χ4n) is 1.41. The molecule has 1 aromatic carbocycles. The summed E-state index contributed by atoms with van der Waals surface area (Å²) in [5.74, 6) is -0.184. The van der Waals surface area contributed by atoms with Crippen molar-refractivity contribution < 1.29 is 8.42 Å². The summed E-state index contributed by atoms with van der Waals surface area (Å²) < 4.78 is 26.4. The molecule has 0 unspecified atom stereocenters. The molecule has 4 nitrogen and oxygen atoms in total. The van der Waals surface area contributed by atoms with Crippen LogP contribution in [-0.4, -0.2) is 20.5 Å². The molecule has 0 bridgehead atoms. The third kappa shape index (κ3) is 6.79. The second-order valence-corrected chi connectivity index (χ2v) is 7.32. The van der Waals surface area contributed by atoms with Gasteiger partial charge in [0.05, 0.1) is 5.75 Å². The third-order valence-corrected chi connectivity index (χ3v) is 4.23. The van der Waals surface area contributed by atoms with Crippen LogP contribution in [0.1, 0.15) is 19.4 Å². The van der Waals surface area contributed by atoms with Crippen molar-refractivity contribution in [2.45, 2.75) is 25.1 Å². The maximum Gasteiger partial charge on any atom is 0.216 e. The normalized spacial score (nSPS) is 12.1. The van der Waals surface area contributed by atoms with E-state index in [9.17, 15) is 8.42 Å². The number of nitrogens with one attached hydrogen (secondary N) is 1. The lowest BCUT2D eigenvalue weighted by molar-refractivity contribution is 0.462. The molecule has 0 amide bonds. The molecule has 1 rings (SSSR count). The summed E-state index contributed by atoms with van der Waals surface area (Å²) in [6.45, 7) is 3.65. The quantitative estimate of drug-likeness (QED) is 0.860. The molecule has 19 heavy (non-hydrogen) atoms. The highest BCUT2D eigenvalue weighted by Crippen LogP contribution is 2.20. The lowest BCUT2D eigenvalue weighted by Crippen LogP contribution is -2.49. The molecule has 8 heteroatoms. The molecule has 0 atom stereocenters. The van der Waals surface area contributed by atoms with Crippen LogP contribution in [0.2, 0.25) is 10.0 Å². The fourth-order valence-corrected chi connectivity index (χ4v) is 3.59. The molecular weight excluding hydrogens is 331 g/mol. The predicted molar refractivity (Wildman–Crippen MR) is 82.6 cm³/mol. The van der Waals surface area contributed by atoms with Gasteiger partial charge < -0.3 is 5.73 Å². The van der Waals surface area contributed by atoms with Crippen LogP contribution in [0.4, 0.5) is 0 Å². The maximum atomic E-state index is 11.9. The second-order valence-electron chi connectivity index (χ2n) is 4.73. The molecule has 0 aliphatic heterocycles. The number of sulfonamides is 1. The minimum atomic E-state index is -3.49. The first-order chi connectivity index (χ1) is 8.13. The average molecular weight is 348 g/mol. The minimum Gasteiger partial charge on any atom is -0.329 e. The average Bonchev–Trinajstić information content (AvgIpc) is 2.12. The van der Waals surface area contributed by atoms with Crippen molar-refractivity contribution in [3.63, 3.8) is 0 Å². The molecule has 0 saturated heterocycles. The van der Waals surface area contributed by atoms with Gasteiger partial charge in [-0.2, -0.15) is 0 Å². The molecule has 0 aromatic heterocycles. The Kier molecular flexibility index (Phi) is 7.09. The summed E-state index contributed by atoms with van der Waals surface area (Å²) >= 11 is 11.6. The highest BCUT2D eigenvalue weighted by molar-refractivity contribution is 7.88. The van der Waals surface area contributed by atoms with E-state index in [2.05, 4.69) is 4.72 Å². The molecule has 0 radical (unpaired) electrons. The van der Waals surface area contributed by atoms with Gasteiger partial charge in [0.25, 0.3) is 0 Å². The minimum absolute atomic E-state index is 0. The van der Waals surface area contributed by atoms with Crippen LogP contribution in [0.15, 0.2) is 18.2 Å². The largest absolute Gasteiger partial charge is 0.329 e. The Morgan fingerprint density at radius 1 is 1.21 bits per heavy atom. The second kappa shape index (κ2) is 7.11. The topological polar surface area (TPSA) is 72.2 Å². The zero-order valence-electron chi connectivity index (χ0n) is 10.6. The van der Waals surface area contributed by atoms with Gasteiger partial charge in [-0.15, -0.1) is 12.4 Å². The molecule has 3 N–H and O–H groups in total. The Labute approximate surface area is 130 Å². The van der Waals surface area contributed by atoms with Crippen molar-refractivity contribution in [2.24, 2.45) is 5.73 Å². The van der Waals surface area contributed by atoms with E-state index in [0.29, 0.717) is 15.6 Å². The van der Waals surface area contributed by atoms with Crippen molar-refractivity contribution in [3.05, 3.63) is 33.8 Å². The van der Waals surface area contributed by atoms with Gasteiger partial charge in [0, 0.05) is 22.1 Å². The zero-order valence-corrected chi connectivity index (χ0v) is 13.8. The van der Waals surface area contributed by atoms with Crippen LogP contribution in [0.25, 0.3) is 0 Å². The SMILES string of the molecule is CC(C)(CN)NS(=O)(=O)Cc1cc(Cl)cc(Cl)c1.Cl. The van der Waals surface area contributed by atoms with E-state index in [4.69, 9.17) is 28.9 Å². The molecule has 0 heterocycles. The van der Waals surface area contributed by atoms with Crippen molar-refractivity contribution >= 4 is 45.6 Å². The molecule has 1 aromatic rings. The summed E-state index contributed by atoms with van der Waals surface area (Å²) in [6.07, 6.45) is 0. The lowest BCUT2D eigenvalue weighted by atomic mass is 10.1. The van der Waals surface area contributed by atoms with Crippen LogP contribution >= 0.6 is 35.6 Å². The number of rotatable bonds is 5. The van der Waals surface area contributed by atoms with Crippen molar-refractivity contribution in [1.82, 2.24) is 4.72 Å². The lowest BCUT2D eigenvalue weighted by Gasteiger charge is -2.23. The van der Waals surface area contributed by atoms with Gasteiger partial charge in [0.1, 0.15) is 0 Å². The Bertz CT molecular complexity index is 512. The molecule has 0 saturated carbocycles. The van der Waals surface area contributed by atoms with E-state index < -0.39 is 15.6 Å². The monoisotopic (exact) mass is 346 g/mol. The Hall–Kier alpha value is -0.0400. The van der Waals surface area contributed by atoms with Crippen LogP contribution in [-0.2, 0) is 15.8 Å². The highest BCUT2D eigenvalue weighted by Gasteiger charge is 2.23. The van der Waals surface area contributed by atoms with Crippen LogP contribution < -0.4 is 10.5 Å². The van der Waals surface area contributed by atoms with Gasteiger partial charge in [-0.25, -0.2) is 13.1 Å². The van der Waals surface area contributed by atoms with E-state index in [1.807, 2.05) is 0 Å². The number of benzene rings is 1. The first-order valence-corrected chi connectivity index (χ1v) is 7.71. The van der Waals surface area contributed by atoms with E-state index in [1.54, 1.807) is 32.0 Å². The van der Waals surface area contributed by atoms with Crippen molar-refractivity contribution in [2.75, 3.05) is 6.54 Å². The van der Waals surface area contributed by atoms with E-state index in [1.165, 1.54) is 0 Å².